The Morgan fingerprint density at radius 3 is 2.38 bits per heavy atom. The van der Waals surface area contributed by atoms with E-state index in [1.54, 1.807) is 6.07 Å². The first-order valence-corrected chi connectivity index (χ1v) is 8.52. The number of hydrogen-bond acceptors (Lipinski definition) is 1. The smallest absolute Gasteiger partial charge is 0.194 e. The maximum atomic E-state index is 13.7. The topological polar surface area (TPSA) is 17.1 Å². The molecule has 0 unspecified atom stereocenters. The van der Waals surface area contributed by atoms with E-state index in [1.807, 2.05) is 67.6 Å². The van der Waals surface area contributed by atoms with Crippen molar-refractivity contribution in [3.05, 3.63) is 107 Å². The first-order chi connectivity index (χ1) is 12.6. The third kappa shape index (κ3) is 2.91. The number of ketones is 1. The highest BCUT2D eigenvalue weighted by molar-refractivity contribution is 6.20. The molecule has 0 heterocycles. The van der Waals surface area contributed by atoms with Gasteiger partial charge >= 0.3 is 0 Å². The second kappa shape index (κ2) is 6.57. The number of benzene rings is 4. The standard InChI is InChI=1S/C24H17FO/c1-16-6-5-9-18(14-16)21-12-10-19-15-20(25)11-13-22(19)23(21)24(26)17-7-3-2-4-8-17/h2-15H,1H3. The lowest BCUT2D eigenvalue weighted by atomic mass is 9.89. The summed E-state index contributed by atoms with van der Waals surface area (Å²) in [6, 6.07) is 25.6. The maximum Gasteiger partial charge on any atom is 0.194 e. The third-order valence-corrected chi connectivity index (χ3v) is 4.57. The van der Waals surface area contributed by atoms with E-state index in [1.165, 1.54) is 12.1 Å². The molecule has 0 fully saturated rings. The number of hydrogen-bond donors (Lipinski definition) is 0. The molecule has 2 heteroatoms. The van der Waals surface area contributed by atoms with Crippen molar-refractivity contribution in [1.29, 1.82) is 0 Å². The summed E-state index contributed by atoms with van der Waals surface area (Å²) in [6.07, 6.45) is 0. The molecule has 0 aliphatic carbocycles. The number of aryl methyl sites for hydroxylation is 1. The molecule has 0 aromatic heterocycles. The lowest BCUT2D eigenvalue weighted by Gasteiger charge is -2.14. The van der Waals surface area contributed by atoms with Gasteiger partial charge in [0.25, 0.3) is 0 Å². The normalized spacial score (nSPS) is 10.8. The van der Waals surface area contributed by atoms with Crippen molar-refractivity contribution >= 4 is 16.6 Å². The highest BCUT2D eigenvalue weighted by Gasteiger charge is 2.18. The number of fused-ring (bicyclic) bond motifs is 1. The Hall–Kier alpha value is -3.26. The molecule has 126 valence electrons. The van der Waals surface area contributed by atoms with E-state index in [0.717, 1.165) is 27.5 Å². The molecule has 0 atom stereocenters. The Morgan fingerprint density at radius 2 is 1.62 bits per heavy atom. The first-order valence-electron chi connectivity index (χ1n) is 8.52. The Morgan fingerprint density at radius 1 is 0.808 bits per heavy atom. The fraction of sp³-hybridized carbons (Fsp3) is 0.0417. The predicted molar refractivity (Wildman–Crippen MR) is 104 cm³/mol. The van der Waals surface area contributed by atoms with Crippen LogP contribution in [0.2, 0.25) is 0 Å². The van der Waals surface area contributed by atoms with Crippen LogP contribution < -0.4 is 0 Å². The van der Waals surface area contributed by atoms with Gasteiger partial charge in [0.15, 0.2) is 5.78 Å². The first kappa shape index (κ1) is 16.2. The van der Waals surface area contributed by atoms with Crippen LogP contribution in [0.1, 0.15) is 21.5 Å². The molecule has 0 aliphatic heterocycles. The van der Waals surface area contributed by atoms with Crippen LogP contribution in [0.25, 0.3) is 21.9 Å². The molecule has 4 rings (SSSR count). The van der Waals surface area contributed by atoms with Crippen molar-refractivity contribution < 1.29 is 9.18 Å². The quantitative estimate of drug-likeness (QED) is 0.407. The molecular weight excluding hydrogens is 323 g/mol. The zero-order chi connectivity index (χ0) is 18.1. The maximum absolute atomic E-state index is 13.7. The molecule has 0 bridgehead atoms. The predicted octanol–water partition coefficient (Wildman–Crippen LogP) is 6.19. The number of carbonyl (C=O) groups is 1. The third-order valence-electron chi connectivity index (χ3n) is 4.57. The van der Waals surface area contributed by atoms with E-state index in [9.17, 15) is 9.18 Å². The zero-order valence-electron chi connectivity index (χ0n) is 14.4. The van der Waals surface area contributed by atoms with E-state index in [-0.39, 0.29) is 11.6 Å². The van der Waals surface area contributed by atoms with Gasteiger partial charge in [0.2, 0.25) is 0 Å². The molecule has 4 aromatic rings. The summed E-state index contributed by atoms with van der Waals surface area (Å²) >= 11 is 0. The van der Waals surface area contributed by atoms with Gasteiger partial charge in [0.05, 0.1) is 0 Å². The summed E-state index contributed by atoms with van der Waals surface area (Å²) in [4.78, 5) is 13.3. The summed E-state index contributed by atoms with van der Waals surface area (Å²) in [7, 11) is 0. The van der Waals surface area contributed by atoms with Gasteiger partial charge in [0, 0.05) is 11.1 Å². The molecule has 0 spiro atoms. The molecule has 26 heavy (non-hydrogen) atoms. The van der Waals surface area contributed by atoms with Gasteiger partial charge in [-0.15, -0.1) is 0 Å². The second-order valence-corrected chi connectivity index (χ2v) is 6.42. The average Bonchev–Trinajstić information content (AvgIpc) is 2.67. The van der Waals surface area contributed by atoms with Gasteiger partial charge in [-0.3, -0.25) is 4.79 Å². The van der Waals surface area contributed by atoms with E-state index in [4.69, 9.17) is 0 Å². The second-order valence-electron chi connectivity index (χ2n) is 6.42. The Balaban J connectivity index is 2.03. The minimum atomic E-state index is -0.307. The zero-order valence-corrected chi connectivity index (χ0v) is 14.4. The van der Waals surface area contributed by atoms with Crippen LogP contribution in [-0.4, -0.2) is 5.78 Å². The van der Waals surface area contributed by atoms with Crippen molar-refractivity contribution in [2.45, 2.75) is 6.92 Å². The van der Waals surface area contributed by atoms with E-state index >= 15 is 0 Å². The SMILES string of the molecule is Cc1cccc(-c2ccc3cc(F)ccc3c2C(=O)c2ccccc2)c1. The Bertz CT molecular complexity index is 1110. The Labute approximate surface area is 151 Å². The van der Waals surface area contributed by atoms with Gasteiger partial charge in [-0.05, 0) is 41.0 Å². The lowest BCUT2D eigenvalue weighted by molar-refractivity contribution is 0.104. The molecule has 0 amide bonds. The average molecular weight is 340 g/mol. The van der Waals surface area contributed by atoms with Crippen molar-refractivity contribution in [3.63, 3.8) is 0 Å². The molecular formula is C24H17FO. The van der Waals surface area contributed by atoms with E-state index < -0.39 is 0 Å². The van der Waals surface area contributed by atoms with Gasteiger partial charge < -0.3 is 0 Å². The number of halogens is 1. The van der Waals surface area contributed by atoms with Crippen molar-refractivity contribution in [2.24, 2.45) is 0 Å². The van der Waals surface area contributed by atoms with Crippen LogP contribution in [0.5, 0.6) is 0 Å². The summed E-state index contributed by atoms with van der Waals surface area (Å²) in [6.45, 7) is 2.03. The largest absolute Gasteiger partial charge is 0.289 e. The summed E-state index contributed by atoms with van der Waals surface area (Å²) in [5, 5.41) is 1.49. The fourth-order valence-corrected chi connectivity index (χ4v) is 3.33. The molecule has 0 saturated heterocycles. The molecule has 1 nitrogen and oxygen atoms in total. The van der Waals surface area contributed by atoms with E-state index in [2.05, 4.69) is 6.07 Å². The van der Waals surface area contributed by atoms with Crippen molar-refractivity contribution in [1.82, 2.24) is 0 Å². The molecule has 0 aliphatic rings. The van der Waals surface area contributed by atoms with Gasteiger partial charge in [-0.1, -0.05) is 78.4 Å². The van der Waals surface area contributed by atoms with Crippen LogP contribution in [0.15, 0.2) is 84.9 Å². The number of rotatable bonds is 3. The van der Waals surface area contributed by atoms with Crippen molar-refractivity contribution in [2.75, 3.05) is 0 Å². The van der Waals surface area contributed by atoms with Crippen LogP contribution >= 0.6 is 0 Å². The van der Waals surface area contributed by atoms with Crippen LogP contribution in [0, 0.1) is 12.7 Å². The van der Waals surface area contributed by atoms with Gasteiger partial charge in [-0.25, -0.2) is 4.39 Å². The molecule has 0 saturated carbocycles. The molecule has 0 N–H and O–H groups in total. The summed E-state index contributed by atoms with van der Waals surface area (Å²) < 4.78 is 13.7. The van der Waals surface area contributed by atoms with Crippen LogP contribution in [-0.2, 0) is 0 Å². The minimum Gasteiger partial charge on any atom is -0.289 e. The minimum absolute atomic E-state index is 0.0562. The van der Waals surface area contributed by atoms with Crippen LogP contribution in [0.4, 0.5) is 4.39 Å². The van der Waals surface area contributed by atoms with Gasteiger partial charge in [0.1, 0.15) is 5.82 Å². The van der Waals surface area contributed by atoms with Gasteiger partial charge in [-0.2, -0.15) is 0 Å². The molecule has 4 aromatic carbocycles. The van der Waals surface area contributed by atoms with Crippen molar-refractivity contribution in [3.8, 4) is 11.1 Å². The fourth-order valence-electron chi connectivity index (χ4n) is 3.33. The highest BCUT2D eigenvalue weighted by Crippen LogP contribution is 2.33. The molecule has 0 radical (unpaired) electrons. The lowest BCUT2D eigenvalue weighted by Crippen LogP contribution is -2.05. The Kier molecular flexibility index (Phi) is 4.10. The summed E-state index contributed by atoms with van der Waals surface area (Å²) in [5.74, 6) is -0.363. The van der Waals surface area contributed by atoms with Crippen LogP contribution in [0.3, 0.4) is 0 Å². The monoisotopic (exact) mass is 340 g/mol. The summed E-state index contributed by atoms with van der Waals surface area (Å²) in [5.41, 5.74) is 4.20. The highest BCUT2D eigenvalue weighted by atomic mass is 19.1. The number of carbonyl (C=O) groups excluding carboxylic acids is 1. The van der Waals surface area contributed by atoms with E-state index in [0.29, 0.717) is 11.1 Å².